The van der Waals surface area contributed by atoms with Crippen LogP contribution >= 0.6 is 0 Å². The Hall–Kier alpha value is -1.69. The lowest BCUT2D eigenvalue weighted by Crippen LogP contribution is -2.21. The van der Waals surface area contributed by atoms with Gasteiger partial charge < -0.3 is 14.8 Å². The van der Waals surface area contributed by atoms with Crippen molar-refractivity contribution in [1.82, 2.24) is 19.7 Å². The van der Waals surface area contributed by atoms with Crippen LogP contribution in [0.3, 0.4) is 0 Å². The molecule has 0 bridgehead atoms. The molecule has 2 rings (SSSR count). The molecular formula is C10H15N5O. The van der Waals surface area contributed by atoms with E-state index < -0.39 is 0 Å². The monoisotopic (exact) mass is 221 g/mol. The van der Waals surface area contributed by atoms with Crippen LogP contribution in [0.15, 0.2) is 17.0 Å². The van der Waals surface area contributed by atoms with E-state index in [4.69, 9.17) is 10.3 Å². The number of aryl methyl sites for hydroxylation is 1. The molecule has 0 saturated heterocycles. The van der Waals surface area contributed by atoms with Gasteiger partial charge in [0.1, 0.15) is 5.69 Å². The molecule has 6 nitrogen and oxygen atoms in total. The third-order valence-corrected chi connectivity index (χ3v) is 2.47. The smallest absolute Gasteiger partial charge is 0.276 e. The standard InChI is InChI=1S/C10H15N5O/c1-3-7(11)4-9-13-10(16-14-9)8-5-12-6-15(8)2/h5-7H,3-4,11H2,1-2H3. The Balaban J connectivity index is 2.17. The lowest BCUT2D eigenvalue weighted by Gasteiger charge is -2.02. The van der Waals surface area contributed by atoms with Crippen molar-refractivity contribution in [1.29, 1.82) is 0 Å². The number of rotatable bonds is 4. The average Bonchev–Trinajstić information content (AvgIpc) is 2.86. The normalized spacial score (nSPS) is 12.9. The van der Waals surface area contributed by atoms with E-state index in [1.165, 1.54) is 0 Å². The molecule has 2 heterocycles. The predicted octanol–water partition coefficient (Wildman–Crippen LogP) is 0.750. The number of hydrogen-bond donors (Lipinski definition) is 1. The molecule has 0 aromatic carbocycles. The lowest BCUT2D eigenvalue weighted by molar-refractivity contribution is 0.417. The molecule has 2 N–H and O–H groups in total. The lowest BCUT2D eigenvalue weighted by atomic mass is 10.2. The van der Waals surface area contributed by atoms with E-state index in [2.05, 4.69) is 15.1 Å². The van der Waals surface area contributed by atoms with Gasteiger partial charge >= 0.3 is 0 Å². The van der Waals surface area contributed by atoms with Crippen LogP contribution in [-0.2, 0) is 13.5 Å². The van der Waals surface area contributed by atoms with Gasteiger partial charge in [-0.2, -0.15) is 4.98 Å². The van der Waals surface area contributed by atoms with Crippen molar-refractivity contribution >= 4 is 0 Å². The summed E-state index contributed by atoms with van der Waals surface area (Å²) in [5.74, 6) is 1.13. The van der Waals surface area contributed by atoms with Crippen LogP contribution in [0.1, 0.15) is 19.2 Å². The Kier molecular flexibility index (Phi) is 3.00. The molecule has 0 spiro atoms. The second kappa shape index (κ2) is 4.44. The second-order valence-electron chi connectivity index (χ2n) is 3.78. The number of aromatic nitrogens is 4. The molecule has 16 heavy (non-hydrogen) atoms. The number of hydrogen-bond acceptors (Lipinski definition) is 5. The van der Waals surface area contributed by atoms with Crippen molar-refractivity contribution in [2.24, 2.45) is 12.8 Å². The highest BCUT2D eigenvalue weighted by Crippen LogP contribution is 2.15. The van der Waals surface area contributed by atoms with Crippen molar-refractivity contribution < 1.29 is 4.52 Å². The van der Waals surface area contributed by atoms with Crippen LogP contribution in [0.4, 0.5) is 0 Å². The molecule has 6 heteroatoms. The summed E-state index contributed by atoms with van der Waals surface area (Å²) in [7, 11) is 1.88. The zero-order valence-corrected chi connectivity index (χ0v) is 9.42. The molecule has 0 radical (unpaired) electrons. The fourth-order valence-corrected chi connectivity index (χ4v) is 1.38. The second-order valence-corrected chi connectivity index (χ2v) is 3.78. The van der Waals surface area contributed by atoms with Gasteiger partial charge in [0, 0.05) is 19.5 Å². The Labute approximate surface area is 93.5 Å². The van der Waals surface area contributed by atoms with Gasteiger partial charge in [0.05, 0.1) is 12.5 Å². The van der Waals surface area contributed by atoms with Crippen LogP contribution < -0.4 is 5.73 Å². The highest BCUT2D eigenvalue weighted by Gasteiger charge is 2.13. The SMILES string of the molecule is CCC(N)Cc1noc(-c2cncn2C)n1. The predicted molar refractivity (Wildman–Crippen MR) is 58.5 cm³/mol. The molecule has 0 amide bonds. The van der Waals surface area contributed by atoms with E-state index in [0.717, 1.165) is 12.1 Å². The van der Waals surface area contributed by atoms with E-state index in [1.807, 2.05) is 18.5 Å². The first kappa shape index (κ1) is 10.8. The Morgan fingerprint density at radius 1 is 1.56 bits per heavy atom. The summed E-state index contributed by atoms with van der Waals surface area (Å²) in [6.45, 7) is 2.03. The minimum Gasteiger partial charge on any atom is -0.332 e. The summed E-state index contributed by atoms with van der Waals surface area (Å²) in [6.07, 6.45) is 4.92. The largest absolute Gasteiger partial charge is 0.332 e. The van der Waals surface area contributed by atoms with Crippen LogP contribution in [0, 0.1) is 0 Å². The quantitative estimate of drug-likeness (QED) is 0.823. The van der Waals surface area contributed by atoms with Gasteiger partial charge in [-0.1, -0.05) is 12.1 Å². The fraction of sp³-hybridized carbons (Fsp3) is 0.500. The van der Waals surface area contributed by atoms with Gasteiger partial charge in [-0.05, 0) is 6.42 Å². The van der Waals surface area contributed by atoms with Crippen LogP contribution in [-0.4, -0.2) is 25.7 Å². The summed E-state index contributed by atoms with van der Waals surface area (Å²) in [5.41, 5.74) is 6.63. The Morgan fingerprint density at radius 2 is 2.38 bits per heavy atom. The minimum absolute atomic E-state index is 0.0805. The van der Waals surface area contributed by atoms with E-state index >= 15 is 0 Å². The third kappa shape index (κ3) is 2.11. The molecule has 0 aliphatic heterocycles. The van der Waals surface area contributed by atoms with Crippen molar-refractivity contribution in [2.75, 3.05) is 0 Å². The average molecular weight is 221 g/mol. The molecule has 0 saturated carbocycles. The van der Waals surface area contributed by atoms with Crippen molar-refractivity contribution in [3.8, 4) is 11.6 Å². The number of nitrogens with zero attached hydrogens (tertiary/aromatic N) is 4. The Bertz CT molecular complexity index is 461. The van der Waals surface area contributed by atoms with Crippen molar-refractivity contribution in [3.63, 3.8) is 0 Å². The van der Waals surface area contributed by atoms with Crippen LogP contribution in [0.5, 0.6) is 0 Å². The maximum absolute atomic E-state index is 5.82. The van der Waals surface area contributed by atoms with E-state index in [0.29, 0.717) is 18.1 Å². The number of imidazole rings is 1. The molecule has 1 atom stereocenters. The van der Waals surface area contributed by atoms with Crippen LogP contribution in [0.2, 0.25) is 0 Å². The summed E-state index contributed by atoms with van der Waals surface area (Å²) in [4.78, 5) is 8.28. The molecule has 0 fully saturated rings. The summed E-state index contributed by atoms with van der Waals surface area (Å²) < 4.78 is 6.99. The van der Waals surface area contributed by atoms with Gasteiger partial charge in [-0.15, -0.1) is 0 Å². The van der Waals surface area contributed by atoms with E-state index in [9.17, 15) is 0 Å². The van der Waals surface area contributed by atoms with Crippen molar-refractivity contribution in [2.45, 2.75) is 25.8 Å². The molecule has 0 aliphatic rings. The number of nitrogens with two attached hydrogens (primary N) is 1. The van der Waals surface area contributed by atoms with Gasteiger partial charge in [-0.25, -0.2) is 4.98 Å². The van der Waals surface area contributed by atoms with E-state index in [-0.39, 0.29) is 6.04 Å². The molecule has 2 aromatic heterocycles. The summed E-state index contributed by atoms with van der Waals surface area (Å²) >= 11 is 0. The molecule has 1 unspecified atom stereocenters. The topological polar surface area (TPSA) is 82.8 Å². The zero-order valence-electron chi connectivity index (χ0n) is 9.42. The van der Waals surface area contributed by atoms with Gasteiger partial charge in [0.15, 0.2) is 5.82 Å². The first-order valence-corrected chi connectivity index (χ1v) is 5.25. The van der Waals surface area contributed by atoms with Gasteiger partial charge in [-0.3, -0.25) is 0 Å². The van der Waals surface area contributed by atoms with Gasteiger partial charge in [0.25, 0.3) is 5.89 Å². The van der Waals surface area contributed by atoms with Gasteiger partial charge in [0.2, 0.25) is 0 Å². The highest BCUT2D eigenvalue weighted by atomic mass is 16.5. The molecule has 0 aliphatic carbocycles. The summed E-state index contributed by atoms with van der Waals surface area (Å²) in [6, 6.07) is 0.0805. The maximum Gasteiger partial charge on any atom is 0.276 e. The highest BCUT2D eigenvalue weighted by molar-refractivity contribution is 5.45. The summed E-state index contributed by atoms with van der Waals surface area (Å²) in [5, 5.41) is 3.89. The first-order chi connectivity index (χ1) is 7.70. The molecule has 2 aromatic rings. The van der Waals surface area contributed by atoms with E-state index in [1.54, 1.807) is 12.5 Å². The minimum atomic E-state index is 0.0805. The van der Waals surface area contributed by atoms with Crippen molar-refractivity contribution in [3.05, 3.63) is 18.3 Å². The molecular weight excluding hydrogens is 206 g/mol. The molecule has 86 valence electrons. The third-order valence-electron chi connectivity index (χ3n) is 2.47. The zero-order chi connectivity index (χ0) is 11.5. The fourth-order valence-electron chi connectivity index (χ4n) is 1.38. The maximum atomic E-state index is 5.82. The van der Waals surface area contributed by atoms with Crippen LogP contribution in [0.25, 0.3) is 11.6 Å². The first-order valence-electron chi connectivity index (χ1n) is 5.25. The Morgan fingerprint density at radius 3 is 3.00 bits per heavy atom.